The van der Waals surface area contributed by atoms with E-state index in [0.717, 1.165) is 6.42 Å². The van der Waals surface area contributed by atoms with Crippen LogP contribution in [-0.4, -0.2) is 31.4 Å². The summed E-state index contributed by atoms with van der Waals surface area (Å²) in [6.07, 6.45) is 0.749. The van der Waals surface area contributed by atoms with Gasteiger partial charge in [-0.1, -0.05) is 20.8 Å². The van der Waals surface area contributed by atoms with E-state index in [4.69, 9.17) is 5.73 Å². The summed E-state index contributed by atoms with van der Waals surface area (Å²) in [4.78, 5) is 23.8. The summed E-state index contributed by atoms with van der Waals surface area (Å²) in [7, 11) is 0. The van der Waals surface area contributed by atoms with Crippen LogP contribution in [0.5, 0.6) is 0 Å². The molecule has 4 N–H and O–H groups in total. The number of amides is 2. The van der Waals surface area contributed by atoms with Crippen LogP contribution in [0.4, 0.5) is 0 Å². The highest BCUT2D eigenvalue weighted by Crippen LogP contribution is 2.11. The Balaban J connectivity index is 2.57. The van der Waals surface area contributed by atoms with E-state index in [1.54, 1.807) is 24.3 Å². The summed E-state index contributed by atoms with van der Waals surface area (Å²) < 4.78 is 0. The maximum absolute atomic E-state index is 12.0. The Bertz CT molecular complexity index is 475. The molecular weight excluding hydrogens is 266 g/mol. The van der Waals surface area contributed by atoms with Gasteiger partial charge in [0.2, 0.25) is 0 Å². The zero-order valence-corrected chi connectivity index (χ0v) is 13.0. The molecule has 21 heavy (non-hydrogen) atoms. The van der Waals surface area contributed by atoms with E-state index in [-0.39, 0.29) is 17.2 Å². The molecule has 5 nitrogen and oxygen atoms in total. The van der Waals surface area contributed by atoms with Gasteiger partial charge in [0, 0.05) is 24.2 Å². The van der Waals surface area contributed by atoms with Crippen molar-refractivity contribution < 1.29 is 9.59 Å². The molecule has 0 aliphatic carbocycles. The number of nitrogens with two attached hydrogens (primary N) is 1. The Morgan fingerprint density at radius 1 is 1.00 bits per heavy atom. The fraction of sp³-hybridized carbons (Fsp3) is 0.500. The van der Waals surface area contributed by atoms with Gasteiger partial charge in [0.1, 0.15) is 0 Å². The predicted octanol–water partition coefficient (Wildman–Crippen LogP) is 1.54. The van der Waals surface area contributed by atoms with Crippen LogP contribution in [0.3, 0.4) is 0 Å². The third-order valence-corrected chi connectivity index (χ3v) is 2.86. The van der Waals surface area contributed by atoms with E-state index in [9.17, 15) is 9.59 Å². The van der Waals surface area contributed by atoms with Crippen LogP contribution in [0, 0.1) is 5.41 Å². The van der Waals surface area contributed by atoms with Crippen molar-refractivity contribution >= 4 is 11.8 Å². The molecule has 0 heterocycles. The Kier molecular flexibility index (Phi) is 6.37. The summed E-state index contributed by atoms with van der Waals surface area (Å²) in [6.45, 7) is 7.88. The first-order chi connectivity index (χ1) is 9.83. The fourth-order valence-corrected chi connectivity index (χ4v) is 1.63. The van der Waals surface area contributed by atoms with Gasteiger partial charge in [-0.25, -0.2) is 0 Å². The molecule has 0 aliphatic heterocycles. The number of benzene rings is 1. The molecule has 2 amide bonds. The highest BCUT2D eigenvalue weighted by molar-refractivity contribution is 5.97. The average molecular weight is 291 g/mol. The molecule has 0 aliphatic rings. The molecule has 0 saturated heterocycles. The fourth-order valence-electron chi connectivity index (χ4n) is 1.63. The number of nitrogens with one attached hydrogen (secondary N) is 2. The van der Waals surface area contributed by atoms with Gasteiger partial charge in [0.15, 0.2) is 0 Å². The van der Waals surface area contributed by atoms with Crippen molar-refractivity contribution in [1.82, 2.24) is 10.6 Å². The van der Waals surface area contributed by atoms with Crippen LogP contribution < -0.4 is 16.4 Å². The van der Waals surface area contributed by atoms with E-state index in [1.807, 2.05) is 0 Å². The SMILES string of the molecule is CC(C)(C)CNC(=O)c1ccc(C(=O)NCCCN)cc1. The standard InChI is InChI=1S/C16H25N3O2/c1-16(2,3)11-19-15(21)13-7-5-12(6-8-13)14(20)18-10-4-9-17/h5-8H,4,9-11,17H2,1-3H3,(H,18,20)(H,19,21). The van der Waals surface area contributed by atoms with Crippen LogP contribution in [0.1, 0.15) is 47.9 Å². The van der Waals surface area contributed by atoms with Crippen molar-refractivity contribution in [3.8, 4) is 0 Å². The van der Waals surface area contributed by atoms with Crippen molar-refractivity contribution in [1.29, 1.82) is 0 Å². The molecule has 116 valence electrons. The second-order valence-corrected chi connectivity index (χ2v) is 6.22. The quantitative estimate of drug-likeness (QED) is 0.695. The topological polar surface area (TPSA) is 84.2 Å². The second kappa shape index (κ2) is 7.78. The first-order valence-corrected chi connectivity index (χ1v) is 7.20. The third-order valence-electron chi connectivity index (χ3n) is 2.86. The normalized spacial score (nSPS) is 11.0. The maximum Gasteiger partial charge on any atom is 0.251 e. The molecule has 0 saturated carbocycles. The second-order valence-electron chi connectivity index (χ2n) is 6.22. The van der Waals surface area contributed by atoms with Crippen molar-refractivity contribution in [3.63, 3.8) is 0 Å². The minimum atomic E-state index is -0.148. The molecule has 0 aromatic heterocycles. The lowest BCUT2D eigenvalue weighted by Crippen LogP contribution is -2.32. The predicted molar refractivity (Wildman–Crippen MR) is 84.2 cm³/mol. The zero-order chi connectivity index (χ0) is 15.9. The van der Waals surface area contributed by atoms with Gasteiger partial charge in [-0.2, -0.15) is 0 Å². The molecule has 0 spiro atoms. The van der Waals surface area contributed by atoms with Gasteiger partial charge >= 0.3 is 0 Å². The van der Waals surface area contributed by atoms with E-state index >= 15 is 0 Å². The van der Waals surface area contributed by atoms with E-state index in [0.29, 0.717) is 30.8 Å². The summed E-state index contributed by atoms with van der Waals surface area (Å²) in [5, 5.41) is 5.65. The number of carbonyl (C=O) groups excluding carboxylic acids is 2. The van der Waals surface area contributed by atoms with Gasteiger partial charge < -0.3 is 16.4 Å². The van der Waals surface area contributed by atoms with Gasteiger partial charge in [0.25, 0.3) is 11.8 Å². The maximum atomic E-state index is 12.0. The Labute approximate surface area is 126 Å². The molecule has 1 aromatic rings. The highest BCUT2D eigenvalue weighted by atomic mass is 16.2. The number of carbonyl (C=O) groups is 2. The Morgan fingerprint density at radius 2 is 1.48 bits per heavy atom. The van der Waals surface area contributed by atoms with Gasteiger partial charge in [-0.15, -0.1) is 0 Å². The molecule has 0 radical (unpaired) electrons. The van der Waals surface area contributed by atoms with Crippen molar-refractivity contribution in [2.75, 3.05) is 19.6 Å². The van der Waals surface area contributed by atoms with Crippen molar-refractivity contribution in [3.05, 3.63) is 35.4 Å². The third kappa shape index (κ3) is 6.40. The minimum Gasteiger partial charge on any atom is -0.352 e. The first kappa shape index (κ1) is 17.2. The van der Waals surface area contributed by atoms with Crippen LogP contribution in [0.25, 0.3) is 0 Å². The molecule has 1 aromatic carbocycles. The molecule has 0 bridgehead atoms. The average Bonchev–Trinajstić information content (AvgIpc) is 2.44. The lowest BCUT2D eigenvalue weighted by Gasteiger charge is -2.18. The first-order valence-electron chi connectivity index (χ1n) is 7.20. The number of rotatable bonds is 6. The molecular formula is C16H25N3O2. The zero-order valence-electron chi connectivity index (χ0n) is 13.0. The number of hydrogen-bond donors (Lipinski definition) is 3. The van der Waals surface area contributed by atoms with Crippen LogP contribution in [0.2, 0.25) is 0 Å². The Morgan fingerprint density at radius 3 is 1.90 bits per heavy atom. The summed E-state index contributed by atoms with van der Waals surface area (Å²) >= 11 is 0. The van der Waals surface area contributed by atoms with Crippen LogP contribution >= 0.6 is 0 Å². The summed E-state index contributed by atoms with van der Waals surface area (Å²) in [5.74, 6) is -0.273. The van der Waals surface area contributed by atoms with E-state index < -0.39 is 0 Å². The molecule has 5 heteroatoms. The van der Waals surface area contributed by atoms with Gasteiger partial charge in [0.05, 0.1) is 0 Å². The summed E-state index contributed by atoms with van der Waals surface area (Å²) in [5.41, 5.74) is 6.50. The van der Waals surface area contributed by atoms with Gasteiger partial charge in [-0.3, -0.25) is 9.59 Å². The molecule has 0 unspecified atom stereocenters. The largest absolute Gasteiger partial charge is 0.352 e. The van der Waals surface area contributed by atoms with Crippen LogP contribution in [0.15, 0.2) is 24.3 Å². The monoisotopic (exact) mass is 291 g/mol. The molecule has 0 fully saturated rings. The van der Waals surface area contributed by atoms with E-state index in [2.05, 4.69) is 31.4 Å². The number of hydrogen-bond acceptors (Lipinski definition) is 3. The Hall–Kier alpha value is -1.88. The van der Waals surface area contributed by atoms with Gasteiger partial charge in [-0.05, 0) is 42.6 Å². The van der Waals surface area contributed by atoms with Crippen LogP contribution in [-0.2, 0) is 0 Å². The molecule has 0 atom stereocenters. The lowest BCUT2D eigenvalue weighted by molar-refractivity contribution is 0.0933. The van der Waals surface area contributed by atoms with E-state index in [1.165, 1.54) is 0 Å². The highest BCUT2D eigenvalue weighted by Gasteiger charge is 2.13. The van der Waals surface area contributed by atoms with Crippen molar-refractivity contribution in [2.24, 2.45) is 11.1 Å². The van der Waals surface area contributed by atoms with Crippen molar-refractivity contribution in [2.45, 2.75) is 27.2 Å². The summed E-state index contributed by atoms with van der Waals surface area (Å²) in [6, 6.07) is 6.64. The minimum absolute atomic E-state index is 0.0402. The smallest absolute Gasteiger partial charge is 0.251 e. The lowest BCUT2D eigenvalue weighted by atomic mass is 9.97. The molecule has 1 rings (SSSR count).